The fourth-order valence-electron chi connectivity index (χ4n) is 1.69. The number of ether oxygens (including phenoxy) is 1. The molecule has 0 aliphatic rings. The van der Waals surface area contributed by atoms with Crippen LogP contribution in [0.5, 0.6) is 0 Å². The van der Waals surface area contributed by atoms with E-state index in [-0.39, 0.29) is 11.9 Å². The normalized spacial score (nSPS) is 16.2. The predicted molar refractivity (Wildman–Crippen MR) is 63.9 cm³/mol. The minimum absolute atomic E-state index is 0.203. The quantitative estimate of drug-likeness (QED) is 0.605. The van der Waals surface area contributed by atoms with Crippen LogP contribution in [-0.4, -0.2) is 19.0 Å². The fourth-order valence-corrected chi connectivity index (χ4v) is 1.69. The largest absolute Gasteiger partial charge is 0.374 e. The van der Waals surface area contributed by atoms with Gasteiger partial charge < -0.3 is 4.74 Å². The molecular formula is C13H24O2. The lowest BCUT2D eigenvalue weighted by molar-refractivity contribution is -0.128. The Morgan fingerprint density at radius 3 is 2.40 bits per heavy atom. The first-order valence-electron chi connectivity index (χ1n) is 5.72. The van der Waals surface area contributed by atoms with Crippen molar-refractivity contribution < 1.29 is 9.53 Å². The Balaban J connectivity index is 3.98. The minimum Gasteiger partial charge on any atom is -0.374 e. The van der Waals surface area contributed by atoms with Gasteiger partial charge in [-0.15, -0.1) is 0 Å². The van der Waals surface area contributed by atoms with Gasteiger partial charge in [0.05, 0.1) is 0 Å². The molecular weight excluding hydrogens is 188 g/mol. The molecule has 0 saturated carbocycles. The summed E-state index contributed by atoms with van der Waals surface area (Å²) < 4.78 is 5.00. The molecule has 0 aromatic heterocycles. The topological polar surface area (TPSA) is 26.3 Å². The number of hydrogen-bond donors (Lipinski definition) is 0. The average Bonchev–Trinajstić information content (AvgIpc) is 2.16. The maximum atomic E-state index is 11.6. The zero-order valence-electron chi connectivity index (χ0n) is 10.7. The number of rotatable bonds is 7. The van der Waals surface area contributed by atoms with E-state index in [0.29, 0.717) is 12.3 Å². The van der Waals surface area contributed by atoms with Crippen molar-refractivity contribution in [1.29, 1.82) is 0 Å². The van der Waals surface area contributed by atoms with Gasteiger partial charge >= 0.3 is 0 Å². The van der Waals surface area contributed by atoms with Crippen LogP contribution in [0.1, 0.15) is 47.0 Å². The highest BCUT2D eigenvalue weighted by atomic mass is 16.5. The molecule has 0 bridgehead atoms. The molecule has 0 radical (unpaired) electrons. The first-order chi connectivity index (χ1) is 7.01. The third kappa shape index (κ3) is 6.45. The first-order valence-corrected chi connectivity index (χ1v) is 5.72. The molecule has 0 aromatic rings. The maximum absolute atomic E-state index is 11.6. The number of hydrogen-bond acceptors (Lipinski definition) is 2. The Morgan fingerprint density at radius 1 is 1.33 bits per heavy atom. The van der Waals surface area contributed by atoms with E-state index in [9.17, 15) is 4.79 Å². The minimum atomic E-state index is -0.261. The van der Waals surface area contributed by atoms with Crippen molar-refractivity contribution in [2.24, 2.45) is 5.92 Å². The molecule has 0 aliphatic carbocycles. The molecule has 2 nitrogen and oxygen atoms in total. The van der Waals surface area contributed by atoms with E-state index in [2.05, 4.69) is 26.8 Å². The molecule has 88 valence electrons. The zero-order chi connectivity index (χ0) is 11.8. The Labute approximate surface area is 93.7 Å². The second-order valence-corrected chi connectivity index (χ2v) is 4.32. The van der Waals surface area contributed by atoms with Crippen LogP contribution in [0.2, 0.25) is 0 Å². The van der Waals surface area contributed by atoms with Crippen LogP contribution in [0.25, 0.3) is 0 Å². The summed E-state index contributed by atoms with van der Waals surface area (Å²) in [5.74, 6) is 0.618. The average molecular weight is 212 g/mol. The van der Waals surface area contributed by atoms with Crippen LogP contribution in [0.3, 0.4) is 0 Å². The fraction of sp³-hybridized carbons (Fsp3) is 0.769. The molecule has 0 aliphatic heterocycles. The van der Waals surface area contributed by atoms with Crippen LogP contribution >= 0.6 is 0 Å². The van der Waals surface area contributed by atoms with Gasteiger partial charge in [0.1, 0.15) is 6.10 Å². The van der Waals surface area contributed by atoms with Crippen LogP contribution < -0.4 is 0 Å². The van der Waals surface area contributed by atoms with Gasteiger partial charge in [-0.05, 0) is 32.6 Å². The Morgan fingerprint density at radius 2 is 1.93 bits per heavy atom. The van der Waals surface area contributed by atoms with Crippen LogP contribution in [0, 0.1) is 5.92 Å². The summed E-state index contributed by atoms with van der Waals surface area (Å²) in [5, 5.41) is 0. The molecule has 2 atom stereocenters. The number of carbonyl (C=O) groups excluding carboxylic acids is 1. The van der Waals surface area contributed by atoms with Gasteiger partial charge in [-0.25, -0.2) is 0 Å². The lowest BCUT2D eigenvalue weighted by atomic mass is 9.95. The van der Waals surface area contributed by atoms with Gasteiger partial charge in [0.25, 0.3) is 0 Å². The summed E-state index contributed by atoms with van der Waals surface area (Å²) in [6, 6.07) is 0. The molecule has 0 heterocycles. The van der Waals surface area contributed by atoms with Gasteiger partial charge in [0, 0.05) is 13.5 Å². The summed E-state index contributed by atoms with van der Waals surface area (Å²) in [6.07, 6.45) is 4.66. The monoisotopic (exact) mass is 212 g/mol. The molecule has 2 heteroatoms. The van der Waals surface area contributed by atoms with Crippen LogP contribution in [-0.2, 0) is 9.53 Å². The maximum Gasteiger partial charge on any atom is 0.161 e. The lowest BCUT2D eigenvalue weighted by Gasteiger charge is -2.14. The van der Waals surface area contributed by atoms with Gasteiger partial charge in [-0.1, -0.05) is 25.5 Å². The van der Waals surface area contributed by atoms with Crippen molar-refractivity contribution >= 4 is 5.78 Å². The molecule has 2 unspecified atom stereocenters. The van der Waals surface area contributed by atoms with E-state index < -0.39 is 0 Å². The summed E-state index contributed by atoms with van der Waals surface area (Å²) in [6.45, 7) is 8.19. The van der Waals surface area contributed by atoms with Crippen molar-refractivity contribution in [3.63, 3.8) is 0 Å². The van der Waals surface area contributed by atoms with Crippen molar-refractivity contribution in [2.75, 3.05) is 7.11 Å². The van der Waals surface area contributed by atoms with Crippen LogP contribution in [0.4, 0.5) is 0 Å². The number of ketones is 1. The molecule has 0 N–H and O–H groups in total. The number of allylic oxidation sites excluding steroid dienone is 2. The summed E-state index contributed by atoms with van der Waals surface area (Å²) >= 11 is 0. The Hall–Kier alpha value is -0.630. The standard InChI is InChI=1S/C13H24O2/c1-6-7-10(2)8-11(3)9-13(14)12(4)15-5/h7,11-12H,6,8-9H2,1-5H3/b10-7+. The highest BCUT2D eigenvalue weighted by Crippen LogP contribution is 2.16. The smallest absolute Gasteiger partial charge is 0.161 e. The van der Waals surface area contributed by atoms with E-state index in [1.807, 2.05) is 6.92 Å². The summed E-state index contributed by atoms with van der Waals surface area (Å²) in [4.78, 5) is 11.6. The third-order valence-electron chi connectivity index (χ3n) is 2.58. The van der Waals surface area contributed by atoms with Crippen molar-refractivity contribution in [3.8, 4) is 0 Å². The highest BCUT2D eigenvalue weighted by molar-refractivity contribution is 5.82. The van der Waals surface area contributed by atoms with Gasteiger partial charge in [0.15, 0.2) is 5.78 Å². The second kappa shape index (κ2) is 7.63. The zero-order valence-corrected chi connectivity index (χ0v) is 10.7. The lowest BCUT2D eigenvalue weighted by Crippen LogP contribution is -2.21. The first kappa shape index (κ1) is 14.4. The Bertz CT molecular complexity index is 219. The van der Waals surface area contributed by atoms with Crippen molar-refractivity contribution in [1.82, 2.24) is 0 Å². The molecule has 0 amide bonds. The van der Waals surface area contributed by atoms with E-state index in [1.165, 1.54) is 5.57 Å². The van der Waals surface area contributed by atoms with E-state index in [4.69, 9.17) is 4.74 Å². The van der Waals surface area contributed by atoms with E-state index >= 15 is 0 Å². The molecule has 0 fully saturated rings. The SMILES string of the molecule is CC/C=C(\C)CC(C)CC(=O)C(C)OC. The summed E-state index contributed by atoms with van der Waals surface area (Å²) in [7, 11) is 1.58. The molecule has 0 aromatic carbocycles. The van der Waals surface area contributed by atoms with Crippen LogP contribution in [0.15, 0.2) is 11.6 Å². The van der Waals surface area contributed by atoms with E-state index in [0.717, 1.165) is 12.8 Å². The third-order valence-corrected chi connectivity index (χ3v) is 2.58. The molecule has 15 heavy (non-hydrogen) atoms. The molecule has 0 saturated heterocycles. The van der Waals surface area contributed by atoms with E-state index in [1.54, 1.807) is 7.11 Å². The van der Waals surface area contributed by atoms with Crippen molar-refractivity contribution in [3.05, 3.63) is 11.6 Å². The molecule has 0 spiro atoms. The number of Topliss-reactive ketones (excluding diaryl/α,β-unsaturated/α-hetero) is 1. The highest BCUT2D eigenvalue weighted by Gasteiger charge is 2.15. The van der Waals surface area contributed by atoms with Gasteiger partial charge in [-0.2, -0.15) is 0 Å². The van der Waals surface area contributed by atoms with Gasteiger partial charge in [0.2, 0.25) is 0 Å². The van der Waals surface area contributed by atoms with Gasteiger partial charge in [-0.3, -0.25) is 4.79 Å². The van der Waals surface area contributed by atoms with Crippen molar-refractivity contribution in [2.45, 2.75) is 53.1 Å². The number of carbonyl (C=O) groups is 1. The predicted octanol–water partition coefficient (Wildman–Crippen LogP) is 3.36. The molecule has 0 rings (SSSR count). The Kier molecular flexibility index (Phi) is 7.31. The summed E-state index contributed by atoms with van der Waals surface area (Å²) in [5.41, 5.74) is 1.38. The number of methoxy groups -OCH3 is 1. The second-order valence-electron chi connectivity index (χ2n) is 4.32.